The van der Waals surface area contributed by atoms with Crippen molar-refractivity contribution in [2.75, 3.05) is 13.3 Å². The molecule has 0 aromatic heterocycles. The number of nitrogens with zero attached hydrogens (tertiary/aromatic N) is 2. The Kier molecular flexibility index (Phi) is 7.78. The number of amides is 4. The summed E-state index contributed by atoms with van der Waals surface area (Å²) in [5.41, 5.74) is 6.31. The summed E-state index contributed by atoms with van der Waals surface area (Å²) in [4.78, 5) is 55.6. The number of imide groups is 1. The Hall–Kier alpha value is -5.91. The van der Waals surface area contributed by atoms with Crippen LogP contribution in [0.25, 0.3) is 10.8 Å². The van der Waals surface area contributed by atoms with E-state index in [9.17, 15) is 24.3 Å². The van der Waals surface area contributed by atoms with E-state index in [0.29, 0.717) is 28.2 Å². The summed E-state index contributed by atoms with van der Waals surface area (Å²) in [5.74, 6) is -1.72. The summed E-state index contributed by atoms with van der Waals surface area (Å²) in [6, 6.07) is 23.2. The summed E-state index contributed by atoms with van der Waals surface area (Å²) in [7, 11) is 0. The minimum absolute atomic E-state index is 0.0277. The second-order valence-corrected chi connectivity index (χ2v) is 11.3. The lowest BCUT2D eigenvalue weighted by molar-refractivity contribution is -0.139. The van der Waals surface area contributed by atoms with E-state index >= 15 is 0 Å². The van der Waals surface area contributed by atoms with Crippen LogP contribution in [0, 0.1) is 5.41 Å². The summed E-state index contributed by atoms with van der Waals surface area (Å²) in [5, 5.41) is 22.0. The molecule has 0 saturated carbocycles. The van der Waals surface area contributed by atoms with Crippen LogP contribution in [0.3, 0.4) is 0 Å². The molecule has 5 N–H and O–H groups in total. The van der Waals surface area contributed by atoms with Gasteiger partial charge in [0.15, 0.2) is 11.5 Å². The Labute approximate surface area is 263 Å². The molecule has 6 rings (SSSR count). The van der Waals surface area contributed by atoms with E-state index in [-0.39, 0.29) is 19.2 Å². The summed E-state index contributed by atoms with van der Waals surface area (Å²) in [6.45, 7) is 1.08. The predicted octanol–water partition coefficient (Wildman–Crippen LogP) is 3.86. The number of carbonyl (C=O) groups excluding carboxylic acids is 3. The van der Waals surface area contributed by atoms with Gasteiger partial charge in [-0.25, -0.2) is 4.79 Å². The number of rotatable bonds is 10. The highest BCUT2D eigenvalue weighted by Crippen LogP contribution is 2.39. The standard InChI is InChI=1S/C34H31N5O7/c1-34(25-11-8-22(9-12-25)31(35)36)32(43)38(33(44)39(34)17-20-6-7-21-4-2-3-5-23(21)14-20)18-29(40)37-26(16-30(41)42)24-10-13-27-28(15-24)46-19-45-27/h2-15,26H,16-19H2,1H3,(H3,35,36)(H,37,40)(H,41,42). The molecule has 46 heavy (non-hydrogen) atoms. The number of aliphatic carboxylic acids is 1. The predicted molar refractivity (Wildman–Crippen MR) is 167 cm³/mol. The third-order valence-corrected chi connectivity index (χ3v) is 8.39. The van der Waals surface area contributed by atoms with Crippen LogP contribution in [-0.2, 0) is 26.5 Å². The number of carboxylic acids is 1. The van der Waals surface area contributed by atoms with Crippen LogP contribution in [0.5, 0.6) is 11.5 Å². The van der Waals surface area contributed by atoms with E-state index in [1.165, 1.54) is 4.90 Å². The number of carboxylic acid groups (broad SMARTS) is 1. The van der Waals surface area contributed by atoms with Crippen molar-refractivity contribution >= 4 is 40.4 Å². The molecule has 0 spiro atoms. The molecule has 2 aliphatic heterocycles. The number of hydrogen-bond donors (Lipinski definition) is 4. The molecule has 12 heteroatoms. The average molecular weight is 622 g/mol. The normalized spacial score (nSPS) is 17.8. The van der Waals surface area contributed by atoms with E-state index in [0.717, 1.165) is 21.2 Å². The molecule has 1 saturated heterocycles. The quantitative estimate of drug-likeness (QED) is 0.117. The molecule has 2 heterocycles. The lowest BCUT2D eigenvalue weighted by atomic mass is 9.89. The summed E-state index contributed by atoms with van der Waals surface area (Å²) < 4.78 is 10.7. The SMILES string of the molecule is CC1(c2ccc(C(=N)N)cc2)C(=O)N(CC(=O)NC(CC(=O)O)c2ccc3c(c2)OCO3)C(=O)N1Cc1ccc2ccccc2c1. The van der Waals surface area contributed by atoms with E-state index in [1.807, 2.05) is 42.5 Å². The Morgan fingerprint density at radius 2 is 1.70 bits per heavy atom. The van der Waals surface area contributed by atoms with Gasteiger partial charge in [-0.3, -0.25) is 24.7 Å². The van der Waals surface area contributed by atoms with Crippen molar-refractivity contribution in [2.45, 2.75) is 31.5 Å². The van der Waals surface area contributed by atoms with Gasteiger partial charge in [0.1, 0.15) is 17.9 Å². The number of carbonyl (C=O) groups is 4. The number of fused-ring (bicyclic) bond motifs is 2. The molecule has 0 aliphatic carbocycles. The molecule has 234 valence electrons. The molecule has 4 aromatic carbocycles. The lowest BCUT2D eigenvalue weighted by Crippen LogP contribution is -2.44. The third kappa shape index (κ3) is 5.56. The number of nitrogen functional groups attached to an aromatic ring is 1. The molecule has 2 atom stereocenters. The first-order chi connectivity index (χ1) is 22.0. The van der Waals surface area contributed by atoms with Crippen molar-refractivity contribution in [1.82, 2.24) is 15.1 Å². The first-order valence-electron chi connectivity index (χ1n) is 14.5. The molecule has 2 aliphatic rings. The lowest BCUT2D eigenvalue weighted by Gasteiger charge is -2.32. The van der Waals surface area contributed by atoms with Crippen LogP contribution < -0.4 is 20.5 Å². The second-order valence-electron chi connectivity index (χ2n) is 11.3. The zero-order chi connectivity index (χ0) is 32.6. The highest BCUT2D eigenvalue weighted by Gasteiger charge is 2.55. The van der Waals surface area contributed by atoms with Crippen molar-refractivity contribution in [3.05, 3.63) is 107 Å². The number of ether oxygens (including phenoxy) is 2. The fraction of sp³-hybridized carbons (Fsp3) is 0.206. The van der Waals surface area contributed by atoms with Gasteiger partial charge < -0.3 is 30.5 Å². The van der Waals surface area contributed by atoms with Gasteiger partial charge in [-0.2, -0.15) is 0 Å². The summed E-state index contributed by atoms with van der Waals surface area (Å²) >= 11 is 0. The second kappa shape index (κ2) is 11.9. The average Bonchev–Trinajstić information content (AvgIpc) is 3.58. The fourth-order valence-electron chi connectivity index (χ4n) is 5.88. The molecule has 4 amide bonds. The molecule has 4 aromatic rings. The first kappa shape index (κ1) is 30.1. The molecule has 12 nitrogen and oxygen atoms in total. The maximum Gasteiger partial charge on any atom is 0.328 e. The molecular formula is C34H31N5O7. The maximum absolute atomic E-state index is 14.2. The van der Waals surface area contributed by atoms with Gasteiger partial charge in [-0.15, -0.1) is 0 Å². The van der Waals surface area contributed by atoms with Crippen molar-refractivity contribution < 1.29 is 33.8 Å². The Balaban J connectivity index is 1.30. The number of urea groups is 1. The van der Waals surface area contributed by atoms with Gasteiger partial charge in [0.2, 0.25) is 12.7 Å². The topological polar surface area (TPSA) is 175 Å². The van der Waals surface area contributed by atoms with E-state index in [2.05, 4.69) is 5.32 Å². The van der Waals surface area contributed by atoms with Gasteiger partial charge >= 0.3 is 12.0 Å². The van der Waals surface area contributed by atoms with E-state index in [1.54, 1.807) is 49.4 Å². The molecular weight excluding hydrogens is 590 g/mol. The van der Waals surface area contributed by atoms with Gasteiger partial charge in [-0.05, 0) is 52.6 Å². The Morgan fingerprint density at radius 3 is 2.41 bits per heavy atom. The first-order valence-corrected chi connectivity index (χ1v) is 14.5. The number of benzene rings is 4. The van der Waals surface area contributed by atoms with Crippen LogP contribution in [0.2, 0.25) is 0 Å². The summed E-state index contributed by atoms with van der Waals surface area (Å²) in [6.07, 6.45) is -0.443. The highest BCUT2D eigenvalue weighted by molar-refractivity contribution is 6.09. The van der Waals surface area contributed by atoms with E-state index < -0.39 is 48.4 Å². The maximum atomic E-state index is 14.2. The molecule has 0 radical (unpaired) electrons. The van der Waals surface area contributed by atoms with Crippen molar-refractivity contribution in [3.8, 4) is 11.5 Å². The largest absolute Gasteiger partial charge is 0.481 e. The van der Waals surface area contributed by atoms with Gasteiger partial charge in [0, 0.05) is 12.1 Å². The van der Waals surface area contributed by atoms with Crippen LogP contribution in [0.1, 0.15) is 41.6 Å². The molecule has 2 unspecified atom stereocenters. The van der Waals surface area contributed by atoms with Crippen molar-refractivity contribution in [3.63, 3.8) is 0 Å². The number of hydrogen-bond acceptors (Lipinski definition) is 7. The Bertz CT molecular complexity index is 1890. The number of nitrogens with two attached hydrogens (primary N) is 1. The minimum Gasteiger partial charge on any atom is -0.481 e. The van der Waals surface area contributed by atoms with Crippen molar-refractivity contribution in [1.29, 1.82) is 5.41 Å². The van der Waals surface area contributed by atoms with Crippen LogP contribution in [0.4, 0.5) is 4.79 Å². The van der Waals surface area contributed by atoms with Crippen molar-refractivity contribution in [2.24, 2.45) is 5.73 Å². The van der Waals surface area contributed by atoms with Gasteiger partial charge in [-0.1, -0.05) is 66.7 Å². The van der Waals surface area contributed by atoms with Gasteiger partial charge in [0.05, 0.1) is 12.5 Å². The fourth-order valence-corrected chi connectivity index (χ4v) is 5.88. The Morgan fingerprint density at radius 1 is 0.978 bits per heavy atom. The molecule has 1 fully saturated rings. The minimum atomic E-state index is -1.50. The monoisotopic (exact) mass is 621 g/mol. The van der Waals surface area contributed by atoms with Crippen LogP contribution >= 0.6 is 0 Å². The number of amidine groups is 1. The molecule has 0 bridgehead atoms. The smallest absolute Gasteiger partial charge is 0.328 e. The van der Waals surface area contributed by atoms with Gasteiger partial charge in [0.25, 0.3) is 5.91 Å². The zero-order valence-corrected chi connectivity index (χ0v) is 24.9. The van der Waals surface area contributed by atoms with E-state index in [4.69, 9.17) is 20.6 Å². The zero-order valence-electron chi connectivity index (χ0n) is 24.9. The third-order valence-electron chi connectivity index (χ3n) is 8.39. The van der Waals surface area contributed by atoms with Crippen LogP contribution in [-0.4, -0.2) is 57.9 Å². The van der Waals surface area contributed by atoms with Crippen LogP contribution in [0.15, 0.2) is 84.9 Å². The highest BCUT2D eigenvalue weighted by atomic mass is 16.7. The number of nitrogens with one attached hydrogen (secondary N) is 2.